The first-order chi connectivity index (χ1) is 10.4. The highest BCUT2D eigenvalue weighted by Crippen LogP contribution is 2.40. The summed E-state index contributed by atoms with van der Waals surface area (Å²) in [7, 11) is 1.80. The van der Waals surface area contributed by atoms with Crippen molar-refractivity contribution in [2.45, 2.75) is 82.8 Å². The summed E-state index contributed by atoms with van der Waals surface area (Å²) in [5.74, 6) is -1.78. The molecule has 2 saturated carbocycles. The van der Waals surface area contributed by atoms with Crippen LogP contribution in [-0.2, 0) is 4.79 Å². The molecule has 0 N–H and O–H groups in total. The van der Waals surface area contributed by atoms with E-state index in [0.29, 0.717) is 12.8 Å². The molecule has 0 radical (unpaired) electrons. The second kappa shape index (κ2) is 7.69. The molecular weight excluding hydrogens is 291 g/mol. The topological polar surface area (TPSA) is 20.3 Å². The van der Waals surface area contributed by atoms with Crippen LogP contribution in [0.3, 0.4) is 0 Å². The van der Waals surface area contributed by atoms with Gasteiger partial charge in [-0.05, 0) is 32.1 Å². The van der Waals surface area contributed by atoms with Crippen LogP contribution in [0.5, 0.6) is 0 Å². The molecule has 0 heterocycles. The first-order valence-corrected chi connectivity index (χ1v) is 8.73. The molecule has 0 spiro atoms. The van der Waals surface area contributed by atoms with E-state index in [2.05, 4.69) is 0 Å². The normalized spacial score (nSPS) is 28.7. The van der Waals surface area contributed by atoms with Crippen LogP contribution >= 0.6 is 0 Å². The molecule has 128 valence electrons. The molecule has 0 aromatic carbocycles. The van der Waals surface area contributed by atoms with Crippen LogP contribution in [0.15, 0.2) is 0 Å². The van der Waals surface area contributed by atoms with Crippen LogP contribution in [0, 0.1) is 11.8 Å². The molecule has 2 nitrogen and oxygen atoms in total. The first kappa shape index (κ1) is 17.6. The van der Waals surface area contributed by atoms with Crippen LogP contribution in [-0.4, -0.2) is 30.1 Å². The molecular formula is C17H28F3NO. The molecule has 2 atom stereocenters. The average molecular weight is 319 g/mol. The lowest BCUT2D eigenvalue weighted by molar-refractivity contribution is -0.187. The molecule has 2 rings (SSSR count). The summed E-state index contributed by atoms with van der Waals surface area (Å²) < 4.78 is 38.7. The van der Waals surface area contributed by atoms with Crippen molar-refractivity contribution in [3.63, 3.8) is 0 Å². The maximum atomic E-state index is 12.9. The van der Waals surface area contributed by atoms with Gasteiger partial charge in [-0.25, -0.2) is 0 Å². The number of hydrogen-bond acceptors (Lipinski definition) is 1. The number of nitrogens with zero attached hydrogens (tertiary/aromatic N) is 1. The zero-order valence-corrected chi connectivity index (χ0v) is 13.5. The Bertz CT molecular complexity index is 361. The third-order valence-electron chi connectivity index (χ3n) is 5.46. The van der Waals surface area contributed by atoms with E-state index in [9.17, 15) is 18.0 Å². The van der Waals surface area contributed by atoms with Crippen molar-refractivity contribution >= 4 is 5.91 Å². The van der Waals surface area contributed by atoms with Crippen molar-refractivity contribution in [1.29, 1.82) is 0 Å². The predicted molar refractivity (Wildman–Crippen MR) is 80.4 cm³/mol. The third kappa shape index (κ3) is 4.63. The molecule has 0 aromatic rings. The standard InChI is InChI=1S/C17H28F3NO/c1-21(15-10-5-3-2-4-6-11-15)16(22)13-8-7-9-14(12-13)17(18,19)20/h13-15H,2-12H2,1H3. The third-order valence-corrected chi connectivity index (χ3v) is 5.46. The van der Waals surface area contributed by atoms with Crippen LogP contribution in [0.4, 0.5) is 13.2 Å². The zero-order valence-electron chi connectivity index (χ0n) is 13.5. The molecule has 2 fully saturated rings. The minimum atomic E-state index is -4.16. The Hall–Kier alpha value is -0.740. The van der Waals surface area contributed by atoms with Crippen LogP contribution < -0.4 is 0 Å². The van der Waals surface area contributed by atoms with Crippen molar-refractivity contribution < 1.29 is 18.0 Å². The number of alkyl halides is 3. The maximum Gasteiger partial charge on any atom is 0.391 e. The van der Waals surface area contributed by atoms with Crippen molar-refractivity contribution in [2.75, 3.05) is 7.05 Å². The van der Waals surface area contributed by atoms with Gasteiger partial charge in [0.2, 0.25) is 5.91 Å². The van der Waals surface area contributed by atoms with E-state index in [1.54, 1.807) is 11.9 Å². The van der Waals surface area contributed by atoms with Crippen LogP contribution in [0.1, 0.15) is 70.6 Å². The summed E-state index contributed by atoms with van der Waals surface area (Å²) >= 11 is 0. The molecule has 2 aliphatic rings. The van der Waals surface area contributed by atoms with Crippen molar-refractivity contribution in [3.8, 4) is 0 Å². The van der Waals surface area contributed by atoms with E-state index >= 15 is 0 Å². The molecule has 2 aliphatic carbocycles. The lowest BCUT2D eigenvalue weighted by Gasteiger charge is -2.36. The van der Waals surface area contributed by atoms with E-state index in [4.69, 9.17) is 0 Å². The number of amides is 1. The molecule has 22 heavy (non-hydrogen) atoms. The summed E-state index contributed by atoms with van der Waals surface area (Å²) in [5.41, 5.74) is 0. The second-order valence-electron chi connectivity index (χ2n) is 7.05. The minimum absolute atomic E-state index is 0.0145. The lowest BCUT2D eigenvalue weighted by Crippen LogP contribution is -2.43. The highest BCUT2D eigenvalue weighted by Gasteiger charge is 2.44. The molecule has 2 unspecified atom stereocenters. The van der Waals surface area contributed by atoms with Gasteiger partial charge in [-0.3, -0.25) is 4.79 Å². The number of halogens is 3. The van der Waals surface area contributed by atoms with Gasteiger partial charge in [0.15, 0.2) is 0 Å². The zero-order chi connectivity index (χ0) is 16.2. The molecule has 5 heteroatoms. The smallest absolute Gasteiger partial charge is 0.343 e. The van der Waals surface area contributed by atoms with Gasteiger partial charge in [0.05, 0.1) is 5.92 Å². The summed E-state index contributed by atoms with van der Waals surface area (Å²) in [5, 5.41) is 0. The van der Waals surface area contributed by atoms with Crippen LogP contribution in [0.2, 0.25) is 0 Å². The Morgan fingerprint density at radius 1 is 0.909 bits per heavy atom. The van der Waals surface area contributed by atoms with Crippen molar-refractivity contribution in [1.82, 2.24) is 4.90 Å². The number of hydrogen-bond donors (Lipinski definition) is 0. The molecule has 1 amide bonds. The fraction of sp³-hybridized carbons (Fsp3) is 0.941. The quantitative estimate of drug-likeness (QED) is 0.707. The Morgan fingerprint density at radius 2 is 1.50 bits per heavy atom. The number of carbonyl (C=O) groups excluding carboxylic acids is 1. The average Bonchev–Trinajstić information content (AvgIpc) is 2.45. The van der Waals surface area contributed by atoms with Gasteiger partial charge in [-0.2, -0.15) is 13.2 Å². The number of carbonyl (C=O) groups is 1. The van der Waals surface area contributed by atoms with E-state index in [1.807, 2.05) is 0 Å². The molecule has 0 aromatic heterocycles. The van der Waals surface area contributed by atoms with Crippen molar-refractivity contribution in [3.05, 3.63) is 0 Å². The Labute approximate surface area is 131 Å². The van der Waals surface area contributed by atoms with Gasteiger partial charge in [0.1, 0.15) is 0 Å². The van der Waals surface area contributed by atoms with E-state index in [0.717, 1.165) is 25.7 Å². The highest BCUT2D eigenvalue weighted by molar-refractivity contribution is 5.79. The van der Waals surface area contributed by atoms with Crippen LogP contribution in [0.25, 0.3) is 0 Å². The van der Waals surface area contributed by atoms with Gasteiger partial charge < -0.3 is 4.90 Å². The van der Waals surface area contributed by atoms with Gasteiger partial charge in [-0.1, -0.05) is 38.5 Å². The first-order valence-electron chi connectivity index (χ1n) is 8.73. The lowest BCUT2D eigenvalue weighted by atomic mass is 9.80. The number of rotatable bonds is 2. The fourth-order valence-corrected chi connectivity index (χ4v) is 4.00. The fourth-order valence-electron chi connectivity index (χ4n) is 4.00. The van der Waals surface area contributed by atoms with Gasteiger partial charge in [0, 0.05) is 19.0 Å². The molecule has 0 aliphatic heterocycles. The van der Waals surface area contributed by atoms with Gasteiger partial charge in [0.25, 0.3) is 0 Å². The summed E-state index contributed by atoms with van der Waals surface area (Å²) in [6.07, 6.45) is 5.06. The largest absolute Gasteiger partial charge is 0.391 e. The SMILES string of the molecule is CN(C(=O)C1CCCC(C(F)(F)F)C1)C1CCCCCCC1. The van der Waals surface area contributed by atoms with Gasteiger partial charge in [-0.15, -0.1) is 0 Å². The van der Waals surface area contributed by atoms with E-state index in [1.165, 1.54) is 19.3 Å². The maximum absolute atomic E-state index is 12.9. The summed E-state index contributed by atoms with van der Waals surface area (Å²) in [6, 6.07) is 0.221. The summed E-state index contributed by atoms with van der Waals surface area (Å²) in [4.78, 5) is 14.4. The van der Waals surface area contributed by atoms with Crippen molar-refractivity contribution in [2.24, 2.45) is 11.8 Å². The van der Waals surface area contributed by atoms with Gasteiger partial charge >= 0.3 is 6.18 Å². The van der Waals surface area contributed by atoms with E-state index < -0.39 is 18.0 Å². The predicted octanol–water partition coefficient (Wildman–Crippen LogP) is 4.93. The Balaban J connectivity index is 1.94. The second-order valence-corrected chi connectivity index (χ2v) is 7.05. The monoisotopic (exact) mass is 319 g/mol. The Morgan fingerprint density at radius 3 is 2.09 bits per heavy atom. The summed E-state index contributed by atoms with van der Waals surface area (Å²) in [6.45, 7) is 0. The highest BCUT2D eigenvalue weighted by atomic mass is 19.4. The minimum Gasteiger partial charge on any atom is -0.343 e. The Kier molecular flexibility index (Phi) is 6.16. The molecule has 0 bridgehead atoms. The molecule has 0 saturated heterocycles. The van der Waals surface area contributed by atoms with E-state index in [-0.39, 0.29) is 24.8 Å².